The molecule has 0 amide bonds. The van der Waals surface area contributed by atoms with E-state index in [9.17, 15) is 12.8 Å². The average Bonchev–Trinajstić information content (AvgIpc) is 3.02. The number of nitrogens with two attached hydrogens (primary N) is 1. The van der Waals surface area contributed by atoms with Crippen LogP contribution in [0.3, 0.4) is 0 Å². The molecule has 4 N–H and O–H groups in total. The molecule has 25 heavy (non-hydrogen) atoms. The highest BCUT2D eigenvalue weighted by Crippen LogP contribution is 2.19. The molecule has 0 aliphatic heterocycles. The number of aryl methyl sites for hydroxylation is 1. The van der Waals surface area contributed by atoms with Crippen LogP contribution < -0.4 is 15.8 Å². The molecule has 1 aromatic heterocycles. The number of hydrogen-bond donors (Lipinski definition) is 3. The van der Waals surface area contributed by atoms with Crippen molar-refractivity contribution >= 4 is 27.3 Å². The molecule has 0 saturated carbocycles. The number of sulfonamides is 1. The summed E-state index contributed by atoms with van der Waals surface area (Å²) < 4.78 is 36.3. The molecule has 2 rings (SSSR count). The molecular formula is C16H21FN4O2S2. The Labute approximate surface area is 151 Å². The summed E-state index contributed by atoms with van der Waals surface area (Å²) >= 11 is 1.11. The van der Waals surface area contributed by atoms with Crippen LogP contribution in [0.2, 0.25) is 0 Å². The molecule has 0 atom stereocenters. The highest BCUT2D eigenvalue weighted by atomic mass is 32.2. The molecule has 6 nitrogen and oxygen atoms in total. The lowest BCUT2D eigenvalue weighted by Gasteiger charge is -2.10. The number of halogens is 1. The summed E-state index contributed by atoms with van der Waals surface area (Å²) in [6.45, 7) is 5.06. The van der Waals surface area contributed by atoms with Crippen LogP contribution in [0.25, 0.3) is 0 Å². The van der Waals surface area contributed by atoms with Crippen LogP contribution in [0.1, 0.15) is 22.9 Å². The zero-order valence-electron chi connectivity index (χ0n) is 14.0. The minimum Gasteiger partial charge on any atom is -0.357 e. The molecule has 0 aliphatic rings. The summed E-state index contributed by atoms with van der Waals surface area (Å²) in [4.78, 5) is 5.23. The monoisotopic (exact) mass is 384 g/mol. The lowest BCUT2D eigenvalue weighted by Crippen LogP contribution is -2.36. The van der Waals surface area contributed by atoms with Gasteiger partial charge in [-0.25, -0.2) is 22.9 Å². The Morgan fingerprint density at radius 1 is 1.28 bits per heavy atom. The Kier molecular flexibility index (Phi) is 6.51. The molecule has 0 fully saturated rings. The minimum atomic E-state index is -3.68. The van der Waals surface area contributed by atoms with E-state index in [-0.39, 0.29) is 10.0 Å². The van der Waals surface area contributed by atoms with Gasteiger partial charge in [-0.3, -0.25) is 0 Å². The Hall–Kier alpha value is -1.97. The molecule has 0 bridgehead atoms. The van der Waals surface area contributed by atoms with Crippen molar-refractivity contribution in [2.45, 2.75) is 31.1 Å². The quantitative estimate of drug-likeness (QED) is 0.525. The Balaban J connectivity index is 2.02. The number of guanidine groups is 1. The van der Waals surface area contributed by atoms with E-state index >= 15 is 0 Å². The van der Waals surface area contributed by atoms with Crippen LogP contribution in [0, 0.1) is 12.7 Å². The number of benzene rings is 1. The second-order valence-electron chi connectivity index (χ2n) is 5.40. The summed E-state index contributed by atoms with van der Waals surface area (Å²) in [5.41, 5.74) is 1.37. The van der Waals surface area contributed by atoms with Gasteiger partial charge >= 0.3 is 0 Å². The lowest BCUT2D eigenvalue weighted by atomic mass is 10.1. The number of aliphatic imine (C=N–C) groups is 1. The van der Waals surface area contributed by atoms with Gasteiger partial charge in [0.15, 0.2) is 5.96 Å². The number of primary sulfonamides is 1. The molecule has 0 radical (unpaired) electrons. The molecule has 0 saturated heterocycles. The minimum absolute atomic E-state index is 0.126. The predicted octanol–water partition coefficient (Wildman–Crippen LogP) is 2.10. The summed E-state index contributed by atoms with van der Waals surface area (Å²) in [5.74, 6) is 0.314. The molecule has 1 heterocycles. The van der Waals surface area contributed by atoms with Gasteiger partial charge in [-0.2, -0.15) is 0 Å². The normalized spacial score (nSPS) is 12.2. The van der Waals surface area contributed by atoms with Crippen molar-refractivity contribution < 1.29 is 12.8 Å². The van der Waals surface area contributed by atoms with Gasteiger partial charge in [0.1, 0.15) is 10.0 Å². The molecule has 136 valence electrons. The largest absolute Gasteiger partial charge is 0.357 e. The smallest absolute Gasteiger partial charge is 0.247 e. The molecular weight excluding hydrogens is 363 g/mol. The fourth-order valence-electron chi connectivity index (χ4n) is 2.02. The van der Waals surface area contributed by atoms with E-state index in [2.05, 4.69) is 15.6 Å². The third-order valence-electron chi connectivity index (χ3n) is 3.35. The average molecular weight is 385 g/mol. The maximum atomic E-state index is 13.6. The van der Waals surface area contributed by atoms with E-state index in [0.29, 0.717) is 31.2 Å². The predicted molar refractivity (Wildman–Crippen MR) is 98.5 cm³/mol. The number of nitrogens with one attached hydrogen (secondary N) is 2. The van der Waals surface area contributed by atoms with Crippen LogP contribution in [0.4, 0.5) is 4.39 Å². The first kappa shape index (κ1) is 19.4. The summed E-state index contributed by atoms with van der Waals surface area (Å²) in [6.07, 6.45) is 0. The Morgan fingerprint density at radius 3 is 2.64 bits per heavy atom. The van der Waals surface area contributed by atoms with E-state index in [1.165, 1.54) is 12.1 Å². The molecule has 2 aromatic rings. The van der Waals surface area contributed by atoms with Crippen molar-refractivity contribution in [2.24, 2.45) is 10.1 Å². The maximum absolute atomic E-state index is 13.6. The van der Waals surface area contributed by atoms with E-state index in [4.69, 9.17) is 5.14 Å². The van der Waals surface area contributed by atoms with Gasteiger partial charge in [-0.15, -0.1) is 11.3 Å². The lowest BCUT2D eigenvalue weighted by molar-refractivity contribution is 0.599. The second kappa shape index (κ2) is 8.41. The molecule has 0 unspecified atom stereocenters. The fraction of sp³-hybridized carbons (Fsp3) is 0.312. The third-order valence-corrected chi connectivity index (χ3v) is 5.87. The first-order valence-electron chi connectivity index (χ1n) is 7.68. The van der Waals surface area contributed by atoms with Gasteiger partial charge in [-0.05, 0) is 43.2 Å². The van der Waals surface area contributed by atoms with Crippen molar-refractivity contribution in [1.82, 2.24) is 10.6 Å². The fourth-order valence-corrected chi connectivity index (χ4v) is 3.74. The van der Waals surface area contributed by atoms with Crippen LogP contribution in [-0.4, -0.2) is 20.9 Å². The van der Waals surface area contributed by atoms with Crippen molar-refractivity contribution in [2.75, 3.05) is 6.54 Å². The summed E-state index contributed by atoms with van der Waals surface area (Å²) in [5, 5.41) is 11.3. The van der Waals surface area contributed by atoms with Crippen LogP contribution >= 0.6 is 11.3 Å². The summed E-state index contributed by atoms with van der Waals surface area (Å²) in [6, 6.07) is 8.22. The van der Waals surface area contributed by atoms with E-state index in [0.717, 1.165) is 21.8 Å². The van der Waals surface area contributed by atoms with E-state index < -0.39 is 10.0 Å². The van der Waals surface area contributed by atoms with Gasteiger partial charge < -0.3 is 10.6 Å². The van der Waals surface area contributed by atoms with E-state index in [1.54, 1.807) is 19.1 Å². The van der Waals surface area contributed by atoms with Gasteiger partial charge in [0, 0.05) is 11.4 Å². The zero-order chi connectivity index (χ0) is 18.4. The van der Waals surface area contributed by atoms with Crippen molar-refractivity contribution in [3.05, 3.63) is 52.2 Å². The standard InChI is InChI=1S/C16H21FN4O2S2/c1-3-19-16(20-9-12-5-4-11(2)14(17)8-12)21-10-13-6-7-15(24-13)25(18,22)23/h4-8H,3,9-10H2,1-2H3,(H2,18,22,23)(H2,19,20,21). The van der Waals surface area contributed by atoms with Crippen LogP contribution in [-0.2, 0) is 23.1 Å². The second-order valence-corrected chi connectivity index (χ2v) is 8.35. The number of thiophene rings is 1. The highest BCUT2D eigenvalue weighted by molar-refractivity contribution is 7.91. The van der Waals surface area contributed by atoms with Crippen LogP contribution in [0.5, 0.6) is 0 Å². The molecule has 0 spiro atoms. The molecule has 9 heteroatoms. The Bertz CT molecular complexity index is 863. The van der Waals surface area contributed by atoms with E-state index in [1.807, 2.05) is 13.0 Å². The zero-order valence-corrected chi connectivity index (χ0v) is 15.7. The third kappa shape index (κ3) is 5.80. The number of hydrogen-bond acceptors (Lipinski definition) is 4. The number of nitrogens with zero attached hydrogens (tertiary/aromatic N) is 1. The highest BCUT2D eigenvalue weighted by Gasteiger charge is 2.11. The van der Waals surface area contributed by atoms with Gasteiger partial charge in [-0.1, -0.05) is 12.1 Å². The number of rotatable bonds is 6. The first-order chi connectivity index (χ1) is 11.8. The first-order valence-corrected chi connectivity index (χ1v) is 10.0. The van der Waals surface area contributed by atoms with Gasteiger partial charge in [0.25, 0.3) is 0 Å². The van der Waals surface area contributed by atoms with Crippen molar-refractivity contribution in [1.29, 1.82) is 0 Å². The van der Waals surface area contributed by atoms with Crippen molar-refractivity contribution in [3.8, 4) is 0 Å². The Morgan fingerprint density at radius 2 is 2.04 bits per heavy atom. The summed E-state index contributed by atoms with van der Waals surface area (Å²) in [7, 11) is -3.68. The van der Waals surface area contributed by atoms with Crippen molar-refractivity contribution in [3.63, 3.8) is 0 Å². The topological polar surface area (TPSA) is 96.6 Å². The molecule has 0 aliphatic carbocycles. The molecule has 1 aromatic carbocycles. The van der Waals surface area contributed by atoms with Gasteiger partial charge in [0.2, 0.25) is 10.0 Å². The maximum Gasteiger partial charge on any atom is 0.247 e. The van der Waals surface area contributed by atoms with Crippen LogP contribution in [0.15, 0.2) is 39.5 Å². The van der Waals surface area contributed by atoms with Gasteiger partial charge in [0.05, 0.1) is 13.1 Å². The SMILES string of the molecule is CCNC(=NCc1ccc(C)c(F)c1)NCc1ccc(S(N)(=O)=O)s1.